The van der Waals surface area contributed by atoms with E-state index in [0.717, 1.165) is 5.75 Å². The van der Waals surface area contributed by atoms with E-state index in [4.69, 9.17) is 10.5 Å². The average Bonchev–Trinajstić information content (AvgIpc) is 2.33. The van der Waals surface area contributed by atoms with E-state index >= 15 is 0 Å². The van der Waals surface area contributed by atoms with Gasteiger partial charge in [0.2, 0.25) is 0 Å². The molecular weight excluding hydrogens is 250 g/mol. The largest absolute Gasteiger partial charge is 0.457 e. The highest BCUT2D eigenvalue weighted by Gasteiger charge is 2.00. The van der Waals surface area contributed by atoms with Gasteiger partial charge in [-0.05, 0) is 55.5 Å². The third-order valence-electron chi connectivity index (χ3n) is 2.38. The highest BCUT2D eigenvalue weighted by molar-refractivity contribution is 5.94. The Morgan fingerprint density at radius 2 is 1.39 bits per heavy atom. The Labute approximate surface area is 112 Å². The van der Waals surface area contributed by atoms with Gasteiger partial charge in [0.05, 0.1) is 0 Å². The number of Topliss-reactive ketones (excluding diaryl/α,β-unsaturated/α-hetero) is 1. The van der Waals surface area contributed by atoms with Crippen LogP contribution in [0.5, 0.6) is 11.5 Å². The van der Waals surface area contributed by atoms with Crippen LogP contribution >= 0.6 is 12.4 Å². The Morgan fingerprint density at radius 3 is 1.83 bits per heavy atom. The molecule has 0 heterocycles. The third kappa shape index (κ3) is 3.50. The Hall–Kier alpha value is -2.00. The van der Waals surface area contributed by atoms with E-state index in [0.29, 0.717) is 17.0 Å². The van der Waals surface area contributed by atoms with E-state index in [1.807, 2.05) is 0 Å². The Bertz CT molecular complexity index is 520. The average molecular weight is 264 g/mol. The van der Waals surface area contributed by atoms with Crippen molar-refractivity contribution in [3.05, 3.63) is 54.1 Å². The van der Waals surface area contributed by atoms with Crippen LogP contribution in [0.25, 0.3) is 0 Å². The van der Waals surface area contributed by atoms with Crippen LogP contribution in [-0.4, -0.2) is 5.78 Å². The first-order valence-corrected chi connectivity index (χ1v) is 5.29. The number of halogens is 1. The van der Waals surface area contributed by atoms with Crippen molar-refractivity contribution >= 4 is 23.9 Å². The van der Waals surface area contributed by atoms with Gasteiger partial charge in [-0.2, -0.15) is 0 Å². The van der Waals surface area contributed by atoms with Crippen LogP contribution < -0.4 is 10.5 Å². The number of carbonyl (C=O) groups excluding carboxylic acids is 1. The molecule has 2 rings (SSSR count). The number of ether oxygens (including phenoxy) is 1. The quantitative estimate of drug-likeness (QED) is 0.679. The minimum absolute atomic E-state index is 0. The number of nitrogens with two attached hydrogens (primary N) is 1. The molecule has 0 saturated heterocycles. The topological polar surface area (TPSA) is 52.3 Å². The summed E-state index contributed by atoms with van der Waals surface area (Å²) in [5.74, 6) is 1.46. The molecule has 4 heteroatoms. The highest BCUT2D eigenvalue weighted by Crippen LogP contribution is 2.22. The van der Waals surface area contributed by atoms with Crippen LogP contribution in [0.4, 0.5) is 5.69 Å². The normalized spacial score (nSPS) is 9.39. The predicted octanol–water partition coefficient (Wildman–Crippen LogP) is 3.69. The van der Waals surface area contributed by atoms with Crippen molar-refractivity contribution in [2.75, 3.05) is 5.73 Å². The third-order valence-corrected chi connectivity index (χ3v) is 2.38. The Balaban J connectivity index is 0.00000162. The van der Waals surface area contributed by atoms with Crippen LogP contribution in [0, 0.1) is 0 Å². The van der Waals surface area contributed by atoms with Crippen molar-refractivity contribution in [1.82, 2.24) is 0 Å². The molecule has 0 bridgehead atoms. The Kier molecular flexibility index (Phi) is 4.75. The summed E-state index contributed by atoms with van der Waals surface area (Å²) in [5.41, 5.74) is 6.95. The van der Waals surface area contributed by atoms with Gasteiger partial charge in [-0.15, -0.1) is 12.4 Å². The predicted molar refractivity (Wildman–Crippen MR) is 74.6 cm³/mol. The van der Waals surface area contributed by atoms with Crippen LogP contribution in [0.1, 0.15) is 17.3 Å². The van der Waals surface area contributed by atoms with Crippen LogP contribution in [0.15, 0.2) is 48.5 Å². The second-order valence-electron chi connectivity index (χ2n) is 3.75. The smallest absolute Gasteiger partial charge is 0.159 e. The van der Waals surface area contributed by atoms with Crippen molar-refractivity contribution in [3.63, 3.8) is 0 Å². The summed E-state index contributed by atoms with van der Waals surface area (Å²) in [5, 5.41) is 0. The summed E-state index contributed by atoms with van der Waals surface area (Å²) >= 11 is 0. The van der Waals surface area contributed by atoms with E-state index in [2.05, 4.69) is 0 Å². The maximum absolute atomic E-state index is 11.1. The summed E-state index contributed by atoms with van der Waals surface area (Å²) in [6.07, 6.45) is 0. The molecule has 94 valence electrons. The molecule has 0 aliphatic heterocycles. The Morgan fingerprint density at radius 1 is 0.944 bits per heavy atom. The SMILES string of the molecule is CC(=O)c1ccc(Oc2ccc(N)cc2)cc1.Cl. The van der Waals surface area contributed by atoms with Gasteiger partial charge in [0.25, 0.3) is 0 Å². The minimum atomic E-state index is 0. The number of benzene rings is 2. The maximum atomic E-state index is 11.1. The first-order valence-electron chi connectivity index (χ1n) is 5.29. The van der Waals surface area contributed by atoms with Crippen molar-refractivity contribution in [1.29, 1.82) is 0 Å². The zero-order valence-electron chi connectivity index (χ0n) is 9.92. The van der Waals surface area contributed by atoms with Gasteiger partial charge >= 0.3 is 0 Å². The molecule has 0 saturated carbocycles. The van der Waals surface area contributed by atoms with Crippen molar-refractivity contribution in [2.45, 2.75) is 6.92 Å². The highest BCUT2D eigenvalue weighted by atomic mass is 35.5. The summed E-state index contributed by atoms with van der Waals surface area (Å²) < 4.78 is 5.60. The van der Waals surface area contributed by atoms with Gasteiger partial charge in [0, 0.05) is 11.3 Å². The molecule has 0 spiro atoms. The zero-order valence-corrected chi connectivity index (χ0v) is 10.7. The first-order chi connectivity index (χ1) is 8.15. The molecule has 2 N–H and O–H groups in total. The van der Waals surface area contributed by atoms with E-state index < -0.39 is 0 Å². The molecule has 2 aromatic carbocycles. The molecule has 0 amide bonds. The fourth-order valence-electron chi connectivity index (χ4n) is 1.43. The maximum Gasteiger partial charge on any atom is 0.159 e. The number of hydrogen-bond acceptors (Lipinski definition) is 3. The van der Waals surface area contributed by atoms with Gasteiger partial charge in [-0.25, -0.2) is 0 Å². The van der Waals surface area contributed by atoms with E-state index in [-0.39, 0.29) is 18.2 Å². The molecule has 0 aromatic heterocycles. The molecule has 3 nitrogen and oxygen atoms in total. The lowest BCUT2D eigenvalue weighted by atomic mass is 10.1. The number of carbonyl (C=O) groups is 1. The minimum Gasteiger partial charge on any atom is -0.457 e. The number of nitrogen functional groups attached to an aromatic ring is 1. The van der Waals surface area contributed by atoms with Crippen molar-refractivity contribution in [3.8, 4) is 11.5 Å². The van der Waals surface area contributed by atoms with Gasteiger partial charge in [-0.3, -0.25) is 4.79 Å². The number of ketones is 1. The molecule has 0 fully saturated rings. The van der Waals surface area contributed by atoms with Crippen LogP contribution in [-0.2, 0) is 0 Å². The van der Waals surface area contributed by atoms with E-state index in [1.54, 1.807) is 48.5 Å². The number of hydrogen-bond donors (Lipinski definition) is 1. The first kappa shape index (κ1) is 14.1. The molecule has 0 atom stereocenters. The molecule has 18 heavy (non-hydrogen) atoms. The van der Waals surface area contributed by atoms with Gasteiger partial charge in [-0.1, -0.05) is 0 Å². The molecular formula is C14H14ClNO2. The molecule has 0 unspecified atom stereocenters. The van der Waals surface area contributed by atoms with Gasteiger partial charge in [0.15, 0.2) is 5.78 Å². The van der Waals surface area contributed by atoms with E-state index in [1.165, 1.54) is 6.92 Å². The van der Waals surface area contributed by atoms with Gasteiger partial charge < -0.3 is 10.5 Å². The summed E-state index contributed by atoms with van der Waals surface area (Å²) in [6, 6.07) is 14.2. The molecule has 0 aliphatic rings. The second-order valence-corrected chi connectivity index (χ2v) is 3.75. The fourth-order valence-corrected chi connectivity index (χ4v) is 1.43. The fraction of sp³-hybridized carbons (Fsp3) is 0.0714. The molecule has 0 radical (unpaired) electrons. The number of anilines is 1. The van der Waals surface area contributed by atoms with Crippen molar-refractivity contribution < 1.29 is 9.53 Å². The van der Waals surface area contributed by atoms with Crippen molar-refractivity contribution in [2.24, 2.45) is 0 Å². The standard InChI is InChI=1S/C14H13NO2.ClH/c1-10(16)11-2-6-13(7-3-11)17-14-8-4-12(15)5-9-14;/h2-9H,15H2,1H3;1H. The monoisotopic (exact) mass is 263 g/mol. The zero-order chi connectivity index (χ0) is 12.3. The number of rotatable bonds is 3. The summed E-state index contributed by atoms with van der Waals surface area (Å²) in [7, 11) is 0. The van der Waals surface area contributed by atoms with Gasteiger partial charge in [0.1, 0.15) is 11.5 Å². The van der Waals surface area contributed by atoms with Crippen LogP contribution in [0.2, 0.25) is 0 Å². The summed E-state index contributed by atoms with van der Waals surface area (Å²) in [6.45, 7) is 1.54. The lowest BCUT2D eigenvalue weighted by Crippen LogP contribution is -1.91. The summed E-state index contributed by atoms with van der Waals surface area (Å²) in [4.78, 5) is 11.1. The van der Waals surface area contributed by atoms with Crippen LogP contribution in [0.3, 0.4) is 0 Å². The van der Waals surface area contributed by atoms with E-state index in [9.17, 15) is 4.79 Å². The lowest BCUT2D eigenvalue weighted by molar-refractivity contribution is 0.101. The molecule has 2 aromatic rings. The molecule has 0 aliphatic carbocycles. The second kappa shape index (κ2) is 6.07. The lowest BCUT2D eigenvalue weighted by Gasteiger charge is -2.06.